The Balaban J connectivity index is 2.01. The molecule has 3 amide bonds. The van der Waals surface area contributed by atoms with Crippen LogP contribution in [0.15, 0.2) is 72.8 Å². The van der Waals surface area contributed by atoms with E-state index in [4.69, 9.17) is 9.47 Å². The molecule has 0 aliphatic rings. The van der Waals surface area contributed by atoms with Gasteiger partial charge in [0, 0.05) is 18.7 Å². The van der Waals surface area contributed by atoms with Gasteiger partial charge in [0.05, 0.1) is 7.11 Å². The zero-order valence-electron chi connectivity index (χ0n) is 25.1. The number of nitrogens with one attached hydrogen (secondary N) is 2. The predicted octanol–water partition coefficient (Wildman–Crippen LogP) is 5.76. The molecule has 3 aromatic rings. The van der Waals surface area contributed by atoms with Gasteiger partial charge in [0.15, 0.2) is 0 Å². The molecule has 3 aromatic carbocycles. The second-order valence-electron chi connectivity index (χ2n) is 11.1. The first-order valence-electron chi connectivity index (χ1n) is 14.0. The zero-order valence-corrected chi connectivity index (χ0v) is 25.1. The highest BCUT2D eigenvalue weighted by molar-refractivity contribution is 5.99. The van der Waals surface area contributed by atoms with Crippen molar-refractivity contribution in [1.82, 2.24) is 10.2 Å². The molecule has 0 bridgehead atoms. The highest BCUT2D eigenvalue weighted by Crippen LogP contribution is 2.26. The number of phenolic OH excluding ortho intramolecular Hbond substituents is 1. The second kappa shape index (κ2) is 14.4. The Morgan fingerprint density at radius 3 is 2.10 bits per heavy atom. The summed E-state index contributed by atoms with van der Waals surface area (Å²) in [5, 5.41) is 15.4. The van der Waals surface area contributed by atoms with Crippen molar-refractivity contribution in [3.8, 4) is 11.5 Å². The van der Waals surface area contributed by atoms with E-state index < -0.39 is 35.6 Å². The van der Waals surface area contributed by atoms with Gasteiger partial charge < -0.3 is 30.1 Å². The highest BCUT2D eigenvalue weighted by atomic mass is 16.6. The van der Waals surface area contributed by atoms with Crippen LogP contribution in [0.5, 0.6) is 11.5 Å². The molecule has 0 heterocycles. The first-order chi connectivity index (χ1) is 19.9. The molecule has 0 saturated carbocycles. The monoisotopic (exact) mass is 575 g/mol. The van der Waals surface area contributed by atoms with Crippen molar-refractivity contribution in [2.75, 3.05) is 19.0 Å². The van der Waals surface area contributed by atoms with E-state index in [1.54, 1.807) is 64.3 Å². The third-order valence-corrected chi connectivity index (χ3v) is 6.42. The molecule has 0 spiro atoms. The molecule has 0 aromatic heterocycles. The maximum absolute atomic E-state index is 14.3. The van der Waals surface area contributed by atoms with Gasteiger partial charge in [0.25, 0.3) is 5.91 Å². The van der Waals surface area contributed by atoms with Crippen molar-refractivity contribution in [2.24, 2.45) is 0 Å². The van der Waals surface area contributed by atoms with Gasteiger partial charge in [0.1, 0.15) is 29.2 Å². The molecule has 0 radical (unpaired) electrons. The molecule has 2 unspecified atom stereocenters. The summed E-state index contributed by atoms with van der Waals surface area (Å²) in [6.07, 6.45) is -0.0488. The molecule has 3 N–H and O–H groups in total. The van der Waals surface area contributed by atoms with Crippen LogP contribution in [0.2, 0.25) is 0 Å². The SMILES string of the molecule is CCCN(C(=O)C(Cc1ccc(O)cc1)NC(=O)OC(C)(C)C)C(C(=O)Nc1ccc(OC)cc1)c1ccc(C)cc1. The van der Waals surface area contributed by atoms with Crippen molar-refractivity contribution < 1.29 is 29.0 Å². The van der Waals surface area contributed by atoms with Crippen LogP contribution in [0.1, 0.15) is 56.8 Å². The molecule has 0 aliphatic heterocycles. The van der Waals surface area contributed by atoms with Gasteiger partial charge in [-0.15, -0.1) is 0 Å². The van der Waals surface area contributed by atoms with Gasteiger partial charge >= 0.3 is 6.09 Å². The fraction of sp³-hybridized carbons (Fsp3) is 0.364. The quantitative estimate of drug-likeness (QED) is 0.268. The number of alkyl carbamates (subject to hydrolysis) is 1. The standard InChI is InChI=1S/C33H41N3O6/c1-7-20-36(31(39)28(35-32(40)42-33(3,4)5)21-23-10-16-26(37)17-11-23)29(24-12-8-22(2)9-13-24)30(38)34-25-14-18-27(41-6)19-15-25/h8-19,28-29,37H,7,20-21H2,1-6H3,(H,34,38)(H,35,40). The molecule has 224 valence electrons. The largest absolute Gasteiger partial charge is 0.508 e. The van der Waals surface area contributed by atoms with Gasteiger partial charge in [0.2, 0.25) is 5.91 Å². The maximum atomic E-state index is 14.3. The van der Waals surface area contributed by atoms with E-state index in [-0.39, 0.29) is 18.7 Å². The van der Waals surface area contributed by atoms with E-state index in [2.05, 4.69) is 10.6 Å². The zero-order chi connectivity index (χ0) is 30.9. The highest BCUT2D eigenvalue weighted by Gasteiger charge is 2.36. The van der Waals surface area contributed by atoms with Crippen LogP contribution in [0.3, 0.4) is 0 Å². The van der Waals surface area contributed by atoms with Crippen LogP contribution in [-0.4, -0.2) is 53.2 Å². The van der Waals surface area contributed by atoms with Crippen molar-refractivity contribution in [2.45, 2.75) is 65.1 Å². The first kappa shape index (κ1) is 32.0. The minimum absolute atomic E-state index is 0.0870. The summed E-state index contributed by atoms with van der Waals surface area (Å²) in [7, 11) is 1.56. The number of carbonyl (C=O) groups excluding carboxylic acids is 3. The first-order valence-corrected chi connectivity index (χ1v) is 14.0. The number of anilines is 1. The van der Waals surface area contributed by atoms with Crippen molar-refractivity contribution in [1.29, 1.82) is 0 Å². The smallest absolute Gasteiger partial charge is 0.408 e. The number of hydrogen-bond acceptors (Lipinski definition) is 6. The maximum Gasteiger partial charge on any atom is 0.408 e. The number of aryl methyl sites for hydroxylation is 1. The molecule has 3 rings (SSSR count). The summed E-state index contributed by atoms with van der Waals surface area (Å²) in [4.78, 5) is 42.6. The van der Waals surface area contributed by atoms with Crippen LogP contribution in [-0.2, 0) is 20.7 Å². The normalized spacial score (nSPS) is 12.5. The van der Waals surface area contributed by atoms with Crippen molar-refractivity contribution in [3.05, 3.63) is 89.5 Å². The summed E-state index contributed by atoms with van der Waals surface area (Å²) in [5.41, 5.74) is 2.14. The number of ether oxygens (including phenoxy) is 2. The van der Waals surface area contributed by atoms with Crippen molar-refractivity contribution >= 4 is 23.6 Å². The number of hydrogen-bond donors (Lipinski definition) is 3. The molecule has 9 nitrogen and oxygen atoms in total. The lowest BCUT2D eigenvalue weighted by atomic mass is 9.99. The molecule has 0 aliphatic carbocycles. The van der Waals surface area contributed by atoms with E-state index >= 15 is 0 Å². The Morgan fingerprint density at radius 1 is 0.929 bits per heavy atom. The Morgan fingerprint density at radius 2 is 1.55 bits per heavy atom. The summed E-state index contributed by atoms with van der Waals surface area (Å²) in [6.45, 7) is 9.35. The fourth-order valence-corrected chi connectivity index (χ4v) is 4.43. The van der Waals surface area contributed by atoms with Crippen LogP contribution < -0.4 is 15.4 Å². The Labute approximate surface area is 247 Å². The van der Waals surface area contributed by atoms with E-state index in [1.165, 1.54) is 17.0 Å². The number of phenols is 1. The van der Waals surface area contributed by atoms with E-state index in [0.717, 1.165) is 5.56 Å². The average Bonchev–Trinajstić information content (AvgIpc) is 2.93. The summed E-state index contributed by atoms with van der Waals surface area (Å²) >= 11 is 0. The van der Waals surface area contributed by atoms with Crippen molar-refractivity contribution in [3.63, 3.8) is 0 Å². The number of nitrogens with zero attached hydrogens (tertiary/aromatic N) is 1. The van der Waals surface area contributed by atoms with Gasteiger partial charge in [-0.1, -0.05) is 48.9 Å². The van der Waals surface area contributed by atoms with Crippen LogP contribution >= 0.6 is 0 Å². The van der Waals surface area contributed by atoms with Crippen LogP contribution in [0, 0.1) is 6.92 Å². The molecular formula is C33H41N3O6. The number of benzene rings is 3. The van der Waals surface area contributed by atoms with Gasteiger partial charge in [-0.25, -0.2) is 4.79 Å². The number of rotatable bonds is 11. The molecule has 9 heteroatoms. The minimum Gasteiger partial charge on any atom is -0.508 e. The molecule has 42 heavy (non-hydrogen) atoms. The topological polar surface area (TPSA) is 117 Å². The summed E-state index contributed by atoms with van der Waals surface area (Å²) < 4.78 is 10.7. The molecule has 2 atom stereocenters. The molecule has 0 saturated heterocycles. The Kier molecular flexibility index (Phi) is 11.0. The average molecular weight is 576 g/mol. The fourth-order valence-electron chi connectivity index (χ4n) is 4.43. The van der Waals surface area contributed by atoms with Gasteiger partial charge in [-0.2, -0.15) is 0 Å². The molecule has 0 fully saturated rings. The van der Waals surface area contributed by atoms with Crippen LogP contribution in [0.4, 0.5) is 10.5 Å². The third kappa shape index (κ3) is 9.26. The number of aromatic hydroxyl groups is 1. The predicted molar refractivity (Wildman–Crippen MR) is 163 cm³/mol. The lowest BCUT2D eigenvalue weighted by molar-refractivity contribution is -0.140. The van der Waals surface area contributed by atoms with Gasteiger partial charge in [-0.05, 0) is 81.6 Å². The number of methoxy groups -OCH3 is 1. The lowest BCUT2D eigenvalue weighted by Crippen LogP contribution is -2.53. The Hall–Kier alpha value is -4.53. The third-order valence-electron chi connectivity index (χ3n) is 6.42. The summed E-state index contributed by atoms with van der Waals surface area (Å²) in [6, 6.07) is 18.8. The summed E-state index contributed by atoms with van der Waals surface area (Å²) in [5.74, 6) is -0.0992. The minimum atomic E-state index is -1.04. The molecular weight excluding hydrogens is 534 g/mol. The van der Waals surface area contributed by atoms with E-state index in [9.17, 15) is 19.5 Å². The number of carbonyl (C=O) groups is 3. The van der Waals surface area contributed by atoms with Gasteiger partial charge in [-0.3, -0.25) is 9.59 Å². The number of amides is 3. The lowest BCUT2D eigenvalue weighted by Gasteiger charge is -2.34. The van der Waals surface area contributed by atoms with E-state index in [1.807, 2.05) is 38.1 Å². The van der Waals surface area contributed by atoms with Crippen LogP contribution in [0.25, 0.3) is 0 Å². The van der Waals surface area contributed by atoms with E-state index in [0.29, 0.717) is 29.0 Å². The Bertz CT molecular complexity index is 1330. The second-order valence-corrected chi connectivity index (χ2v) is 11.1.